The van der Waals surface area contributed by atoms with Crippen LogP contribution in [0.4, 0.5) is 20.3 Å². The van der Waals surface area contributed by atoms with Gasteiger partial charge in [-0.1, -0.05) is 25.5 Å². The molecule has 0 bridgehead atoms. The van der Waals surface area contributed by atoms with Crippen LogP contribution < -0.4 is 10.0 Å². The lowest BCUT2D eigenvalue weighted by Gasteiger charge is -2.27. The molecule has 2 aromatic carbocycles. The van der Waals surface area contributed by atoms with Gasteiger partial charge >= 0.3 is 0 Å². The third kappa shape index (κ3) is 4.77. The number of nitrogens with one attached hydrogen (secondary N) is 3. The first kappa shape index (κ1) is 24.8. The highest BCUT2D eigenvalue weighted by Gasteiger charge is 2.28. The number of ether oxygens (including phenoxy) is 1. The van der Waals surface area contributed by atoms with Crippen LogP contribution in [-0.4, -0.2) is 48.4 Å². The Morgan fingerprint density at radius 1 is 1.14 bits per heavy atom. The summed E-state index contributed by atoms with van der Waals surface area (Å²) in [5.41, 5.74) is -0.263. The van der Waals surface area contributed by atoms with Crippen molar-refractivity contribution >= 4 is 38.3 Å². The van der Waals surface area contributed by atoms with E-state index < -0.39 is 38.7 Å². The van der Waals surface area contributed by atoms with Crippen LogP contribution in [0.3, 0.4) is 0 Å². The molecule has 0 amide bonds. The van der Waals surface area contributed by atoms with Crippen LogP contribution in [0, 0.1) is 11.6 Å². The second kappa shape index (κ2) is 9.87. The van der Waals surface area contributed by atoms with Crippen LogP contribution in [0.15, 0.2) is 53.8 Å². The second-order valence-electron chi connectivity index (χ2n) is 8.64. The molecule has 0 spiro atoms. The number of rotatable bonds is 9. The Morgan fingerprint density at radius 3 is 2.57 bits per heavy atom. The van der Waals surface area contributed by atoms with Gasteiger partial charge in [0.2, 0.25) is 5.78 Å². The van der Waals surface area contributed by atoms with Gasteiger partial charge < -0.3 is 15.0 Å². The van der Waals surface area contributed by atoms with E-state index in [1.165, 1.54) is 24.7 Å². The summed E-state index contributed by atoms with van der Waals surface area (Å²) >= 11 is 0. The predicted octanol–water partition coefficient (Wildman–Crippen LogP) is 4.03. The molecule has 0 saturated carbocycles. The summed E-state index contributed by atoms with van der Waals surface area (Å²) < 4.78 is 63.3. The van der Waals surface area contributed by atoms with Gasteiger partial charge in [-0.05, 0) is 36.2 Å². The monoisotopic (exact) mass is 527 g/mol. The van der Waals surface area contributed by atoms with E-state index in [-0.39, 0.29) is 21.9 Å². The number of carbonyl (C=O) groups excluding carboxylic acids is 1. The predicted molar refractivity (Wildman–Crippen MR) is 133 cm³/mol. The third-order valence-corrected chi connectivity index (χ3v) is 7.41. The first-order chi connectivity index (χ1) is 17.8. The maximum Gasteiger partial charge on any atom is 0.261 e. The Morgan fingerprint density at radius 2 is 1.89 bits per heavy atom. The molecule has 9 nitrogen and oxygen atoms in total. The number of ketones is 1. The van der Waals surface area contributed by atoms with Gasteiger partial charge in [0.05, 0.1) is 46.4 Å². The van der Waals surface area contributed by atoms with E-state index in [0.717, 1.165) is 30.5 Å². The van der Waals surface area contributed by atoms with Crippen LogP contribution in [-0.2, 0) is 21.2 Å². The fourth-order valence-electron chi connectivity index (χ4n) is 4.07. The molecular formula is C25H23F2N5O4S. The number of carbonyl (C=O) groups is 1. The normalized spacial score (nSPS) is 13.9. The Bertz CT molecular complexity index is 1580. The Balaban J connectivity index is 1.49. The molecule has 1 aliphatic rings. The third-order valence-electron chi connectivity index (χ3n) is 6.03. The van der Waals surface area contributed by atoms with Crippen molar-refractivity contribution in [3.8, 4) is 0 Å². The summed E-state index contributed by atoms with van der Waals surface area (Å²) in [5, 5.41) is 3.39. The highest BCUT2D eigenvalue weighted by atomic mass is 32.2. The van der Waals surface area contributed by atoms with Crippen molar-refractivity contribution in [2.24, 2.45) is 0 Å². The molecule has 3 heterocycles. The van der Waals surface area contributed by atoms with E-state index in [9.17, 15) is 17.6 Å². The minimum Gasteiger partial charge on any atom is -0.377 e. The van der Waals surface area contributed by atoms with Gasteiger partial charge in [-0.15, -0.1) is 0 Å². The molecule has 0 aliphatic carbocycles. The molecule has 4 aromatic rings. The van der Waals surface area contributed by atoms with Crippen LogP contribution >= 0.6 is 0 Å². The molecule has 2 aromatic heterocycles. The summed E-state index contributed by atoms with van der Waals surface area (Å²) in [6.45, 7) is 2.91. The number of anilines is 2. The number of hydrogen-bond donors (Lipinski definition) is 3. The van der Waals surface area contributed by atoms with Gasteiger partial charge in [-0.25, -0.2) is 27.2 Å². The number of aryl methyl sites for hydroxylation is 1. The molecule has 0 radical (unpaired) electrons. The second-order valence-corrected chi connectivity index (χ2v) is 10.3. The Hall–Kier alpha value is -3.90. The summed E-state index contributed by atoms with van der Waals surface area (Å²) in [5.74, 6) is -3.15. The van der Waals surface area contributed by atoms with Gasteiger partial charge in [0.1, 0.15) is 23.6 Å². The van der Waals surface area contributed by atoms with Crippen LogP contribution in [0.5, 0.6) is 0 Å². The molecule has 1 saturated heterocycles. The highest BCUT2D eigenvalue weighted by Crippen LogP contribution is 2.31. The molecule has 5 rings (SSSR count). The zero-order chi connectivity index (χ0) is 26.2. The molecule has 192 valence electrons. The minimum atomic E-state index is -4.20. The van der Waals surface area contributed by atoms with Crippen molar-refractivity contribution in [2.45, 2.75) is 30.7 Å². The summed E-state index contributed by atoms with van der Waals surface area (Å²) in [7, 11) is -4.20. The number of sulfonamides is 1. The summed E-state index contributed by atoms with van der Waals surface area (Å²) in [6, 6.07) is 7.92. The number of hydrogen-bond acceptors (Lipinski definition) is 7. The largest absolute Gasteiger partial charge is 0.377 e. The van der Waals surface area contributed by atoms with Crippen LogP contribution in [0.25, 0.3) is 11.0 Å². The molecule has 1 aliphatic heterocycles. The number of H-pyrrole nitrogens is 1. The average molecular weight is 528 g/mol. The number of aromatic amines is 1. The number of fused-ring (bicyclic) bond motifs is 1. The van der Waals surface area contributed by atoms with Gasteiger partial charge in [-0.2, -0.15) is 0 Å². The fourth-order valence-corrected chi connectivity index (χ4v) is 5.12. The maximum atomic E-state index is 15.5. The standard InChI is InChI=1S/C25H23F2N5O4S/c1-2-3-14-4-6-16(7-5-14)37(34,35)32-19-9-8-18(26)21(22(19)27)23(33)17-10-28-24-20(17)25(30-13-29-24)31-15-11-36-12-15/h4-10,13,15,32H,2-3,11-12H2,1H3,(H2,28,29,30,31). The molecule has 0 atom stereocenters. The number of halogens is 2. The summed E-state index contributed by atoms with van der Waals surface area (Å²) in [6.07, 6.45) is 4.27. The van der Waals surface area contributed by atoms with E-state index in [2.05, 4.69) is 25.0 Å². The van der Waals surface area contributed by atoms with E-state index in [1.54, 1.807) is 12.1 Å². The van der Waals surface area contributed by atoms with E-state index in [1.807, 2.05) is 6.92 Å². The number of benzene rings is 2. The highest BCUT2D eigenvalue weighted by molar-refractivity contribution is 7.92. The zero-order valence-corrected chi connectivity index (χ0v) is 20.5. The molecule has 1 fully saturated rings. The topological polar surface area (TPSA) is 126 Å². The van der Waals surface area contributed by atoms with Crippen molar-refractivity contribution in [1.29, 1.82) is 0 Å². The van der Waals surface area contributed by atoms with Crippen LogP contribution in [0.2, 0.25) is 0 Å². The lowest BCUT2D eigenvalue weighted by molar-refractivity contribution is 0.0210. The number of nitrogens with zero attached hydrogens (tertiary/aromatic N) is 2. The van der Waals surface area contributed by atoms with E-state index >= 15 is 4.39 Å². The van der Waals surface area contributed by atoms with Crippen molar-refractivity contribution in [3.05, 3.63) is 77.2 Å². The van der Waals surface area contributed by atoms with Gasteiger partial charge in [-0.3, -0.25) is 9.52 Å². The molecule has 0 unspecified atom stereocenters. The first-order valence-electron chi connectivity index (χ1n) is 11.6. The van der Waals surface area contributed by atoms with Gasteiger partial charge in [0.25, 0.3) is 10.0 Å². The van der Waals surface area contributed by atoms with Crippen molar-refractivity contribution < 1.29 is 26.7 Å². The van der Waals surface area contributed by atoms with Crippen molar-refractivity contribution in [1.82, 2.24) is 15.0 Å². The Labute approximate surface area is 211 Å². The quantitative estimate of drug-likeness (QED) is 0.281. The lowest BCUT2D eigenvalue weighted by atomic mass is 10.0. The van der Waals surface area contributed by atoms with Crippen LogP contribution in [0.1, 0.15) is 34.8 Å². The average Bonchev–Trinajstić information content (AvgIpc) is 3.29. The zero-order valence-electron chi connectivity index (χ0n) is 19.7. The fraction of sp³-hybridized carbons (Fsp3) is 0.240. The van der Waals surface area contributed by atoms with E-state index in [0.29, 0.717) is 24.7 Å². The first-order valence-corrected chi connectivity index (χ1v) is 13.1. The molecule has 12 heteroatoms. The number of aromatic nitrogens is 3. The minimum absolute atomic E-state index is 0.0294. The molecule has 37 heavy (non-hydrogen) atoms. The molecular weight excluding hydrogens is 504 g/mol. The summed E-state index contributed by atoms with van der Waals surface area (Å²) in [4.78, 5) is 24.4. The smallest absolute Gasteiger partial charge is 0.261 e. The SMILES string of the molecule is CCCc1ccc(S(=O)(=O)Nc2ccc(F)c(C(=O)c3c[nH]c4ncnc(NC5COC5)c34)c2F)cc1. The maximum absolute atomic E-state index is 15.5. The Kier molecular flexibility index (Phi) is 6.61. The van der Waals surface area contributed by atoms with Crippen molar-refractivity contribution in [3.63, 3.8) is 0 Å². The van der Waals surface area contributed by atoms with Crippen molar-refractivity contribution in [2.75, 3.05) is 23.3 Å². The lowest BCUT2D eigenvalue weighted by Crippen LogP contribution is -2.40. The van der Waals surface area contributed by atoms with E-state index in [4.69, 9.17) is 4.74 Å². The molecule has 3 N–H and O–H groups in total. The van der Waals surface area contributed by atoms with Gasteiger partial charge in [0.15, 0.2) is 5.82 Å². The van der Waals surface area contributed by atoms with Gasteiger partial charge in [0, 0.05) is 6.20 Å².